The molecule has 4 atom stereocenters. The van der Waals surface area contributed by atoms with E-state index in [-0.39, 0.29) is 36.3 Å². The van der Waals surface area contributed by atoms with Gasteiger partial charge in [0, 0.05) is 37.9 Å². The van der Waals surface area contributed by atoms with Crippen LogP contribution < -0.4 is 5.32 Å². The number of carbonyl (C=O) groups excluding carboxylic acids is 4. The summed E-state index contributed by atoms with van der Waals surface area (Å²) < 4.78 is 0. The second-order valence-corrected chi connectivity index (χ2v) is 11.0. The van der Waals surface area contributed by atoms with Crippen molar-refractivity contribution < 1.29 is 19.2 Å². The zero-order valence-electron chi connectivity index (χ0n) is 21.9. The predicted molar refractivity (Wildman–Crippen MR) is 144 cm³/mol. The molecule has 3 aliphatic rings. The standard InChI is InChI=1S/C31H37N3O4/c35-26-20-24(18-22-10-3-1-4-11-22)30(37)34-17-9-15-28(34)31(38)33-16-8-7-14-27(33)29(36)32-25(21-26)19-23-12-5-2-6-13-23/h1-6,10-13,24-25,27-28H,7-9,14-21H2,(H,32,36)/t24-,25?,27+,28+/m1/s1. The molecule has 2 aromatic carbocycles. The summed E-state index contributed by atoms with van der Waals surface area (Å²) in [7, 11) is 0. The topological polar surface area (TPSA) is 86.8 Å². The van der Waals surface area contributed by atoms with Gasteiger partial charge in [0.1, 0.15) is 17.9 Å². The molecule has 3 heterocycles. The SMILES string of the molecule is O=C1CC(Cc2ccccc2)NC(=O)[C@@H]2CCCCN2C(=O)[C@@H]2CCCN2C(=O)[C@H](Cc2ccccc2)C1. The highest BCUT2D eigenvalue weighted by atomic mass is 16.2. The van der Waals surface area contributed by atoms with E-state index in [0.717, 1.165) is 30.4 Å². The Morgan fingerprint density at radius 2 is 1.26 bits per heavy atom. The Balaban J connectivity index is 1.48. The van der Waals surface area contributed by atoms with Gasteiger partial charge in [-0.1, -0.05) is 60.7 Å². The van der Waals surface area contributed by atoms with E-state index in [9.17, 15) is 19.2 Å². The Morgan fingerprint density at radius 1 is 0.658 bits per heavy atom. The van der Waals surface area contributed by atoms with Gasteiger partial charge in [-0.3, -0.25) is 19.2 Å². The quantitative estimate of drug-likeness (QED) is 0.677. The lowest BCUT2D eigenvalue weighted by Crippen LogP contribution is -2.58. The minimum Gasteiger partial charge on any atom is -0.351 e. The second kappa shape index (κ2) is 11.9. The third-order valence-corrected chi connectivity index (χ3v) is 8.20. The summed E-state index contributed by atoms with van der Waals surface area (Å²) in [5.41, 5.74) is 2.03. The largest absolute Gasteiger partial charge is 0.351 e. The van der Waals surface area contributed by atoms with Crippen molar-refractivity contribution in [2.45, 2.75) is 75.9 Å². The maximum atomic E-state index is 13.9. The van der Waals surface area contributed by atoms with Crippen LogP contribution in [0.5, 0.6) is 0 Å². The lowest BCUT2D eigenvalue weighted by atomic mass is 9.90. The van der Waals surface area contributed by atoms with Crippen molar-refractivity contribution in [1.82, 2.24) is 15.1 Å². The molecule has 0 aromatic heterocycles. The van der Waals surface area contributed by atoms with Crippen molar-refractivity contribution in [3.63, 3.8) is 0 Å². The Morgan fingerprint density at radius 3 is 1.97 bits per heavy atom. The molecule has 7 heteroatoms. The molecule has 0 bridgehead atoms. The summed E-state index contributed by atoms with van der Waals surface area (Å²) in [6.07, 6.45) is 4.88. The van der Waals surface area contributed by atoms with Gasteiger partial charge in [0.15, 0.2) is 0 Å². The minimum absolute atomic E-state index is 0.0395. The van der Waals surface area contributed by atoms with E-state index in [1.54, 1.807) is 9.80 Å². The predicted octanol–water partition coefficient (Wildman–Crippen LogP) is 3.31. The fourth-order valence-electron chi connectivity index (χ4n) is 6.33. The lowest BCUT2D eigenvalue weighted by Gasteiger charge is -2.38. The summed E-state index contributed by atoms with van der Waals surface area (Å²) in [6.45, 7) is 1.03. The molecule has 2 aromatic rings. The Hall–Kier alpha value is -3.48. The first-order valence-corrected chi connectivity index (χ1v) is 14.0. The Kier molecular flexibility index (Phi) is 8.20. The molecular weight excluding hydrogens is 478 g/mol. The monoisotopic (exact) mass is 515 g/mol. The van der Waals surface area contributed by atoms with Gasteiger partial charge in [-0.25, -0.2) is 0 Å². The molecule has 5 rings (SSSR count). The van der Waals surface area contributed by atoms with Crippen molar-refractivity contribution in [2.75, 3.05) is 13.1 Å². The van der Waals surface area contributed by atoms with Crippen LogP contribution >= 0.6 is 0 Å². The van der Waals surface area contributed by atoms with Crippen LogP contribution in [0.15, 0.2) is 60.7 Å². The number of carbonyl (C=O) groups is 4. The zero-order chi connectivity index (χ0) is 26.5. The molecule has 0 spiro atoms. The number of Topliss-reactive ketones (excluding diaryl/α,β-unsaturated/α-hetero) is 1. The van der Waals surface area contributed by atoms with Crippen LogP contribution in [0.25, 0.3) is 0 Å². The van der Waals surface area contributed by atoms with Gasteiger partial charge in [0.25, 0.3) is 0 Å². The number of hydrogen-bond acceptors (Lipinski definition) is 4. The lowest BCUT2D eigenvalue weighted by molar-refractivity contribution is -0.151. The minimum atomic E-state index is -0.567. The van der Waals surface area contributed by atoms with Gasteiger partial charge < -0.3 is 15.1 Å². The highest BCUT2D eigenvalue weighted by Gasteiger charge is 2.43. The van der Waals surface area contributed by atoms with E-state index in [1.807, 2.05) is 60.7 Å². The molecule has 0 radical (unpaired) electrons. The fourth-order valence-corrected chi connectivity index (χ4v) is 6.33. The van der Waals surface area contributed by atoms with E-state index in [4.69, 9.17) is 0 Å². The molecule has 0 aliphatic carbocycles. The first kappa shape index (κ1) is 26.1. The molecule has 1 unspecified atom stereocenters. The summed E-state index contributed by atoms with van der Waals surface area (Å²) in [4.78, 5) is 58.2. The highest BCUT2D eigenvalue weighted by Crippen LogP contribution is 2.28. The van der Waals surface area contributed by atoms with Crippen molar-refractivity contribution in [1.29, 1.82) is 0 Å². The molecule has 3 fully saturated rings. The number of fused-ring (bicyclic) bond motifs is 2. The van der Waals surface area contributed by atoms with Crippen LogP contribution in [0, 0.1) is 5.92 Å². The van der Waals surface area contributed by atoms with Gasteiger partial charge in [-0.2, -0.15) is 0 Å². The second-order valence-electron chi connectivity index (χ2n) is 11.0. The number of nitrogens with one attached hydrogen (secondary N) is 1. The molecule has 7 nitrogen and oxygen atoms in total. The number of nitrogens with zero attached hydrogens (tertiary/aromatic N) is 2. The highest BCUT2D eigenvalue weighted by molar-refractivity contribution is 5.95. The molecule has 38 heavy (non-hydrogen) atoms. The molecular formula is C31H37N3O4. The Labute approximate surface area is 224 Å². The van der Waals surface area contributed by atoms with Gasteiger partial charge in [0.2, 0.25) is 17.7 Å². The van der Waals surface area contributed by atoms with E-state index in [0.29, 0.717) is 38.8 Å². The van der Waals surface area contributed by atoms with Crippen LogP contribution in [0.2, 0.25) is 0 Å². The van der Waals surface area contributed by atoms with Gasteiger partial charge in [-0.05, 0) is 56.1 Å². The smallest absolute Gasteiger partial charge is 0.246 e. The van der Waals surface area contributed by atoms with E-state index in [2.05, 4.69) is 5.32 Å². The summed E-state index contributed by atoms with van der Waals surface area (Å²) in [5.74, 6) is -1.02. The number of ketones is 1. The number of rotatable bonds is 4. The van der Waals surface area contributed by atoms with Crippen LogP contribution in [0.1, 0.15) is 56.1 Å². The van der Waals surface area contributed by atoms with Crippen LogP contribution in [-0.2, 0) is 32.0 Å². The van der Waals surface area contributed by atoms with E-state index in [1.165, 1.54) is 0 Å². The molecule has 3 saturated heterocycles. The van der Waals surface area contributed by atoms with Gasteiger partial charge in [0.05, 0.1) is 0 Å². The molecule has 0 saturated carbocycles. The Bertz CT molecular complexity index is 1150. The maximum absolute atomic E-state index is 13.9. The third kappa shape index (κ3) is 5.98. The van der Waals surface area contributed by atoms with E-state index < -0.39 is 24.0 Å². The molecule has 200 valence electrons. The zero-order valence-corrected chi connectivity index (χ0v) is 21.9. The maximum Gasteiger partial charge on any atom is 0.246 e. The fraction of sp³-hybridized carbons (Fsp3) is 0.484. The van der Waals surface area contributed by atoms with Crippen molar-refractivity contribution >= 4 is 23.5 Å². The van der Waals surface area contributed by atoms with Gasteiger partial charge in [-0.15, -0.1) is 0 Å². The average Bonchev–Trinajstić information content (AvgIpc) is 3.42. The summed E-state index contributed by atoms with van der Waals surface area (Å²) in [6, 6.07) is 18.0. The number of hydrogen-bond donors (Lipinski definition) is 1. The summed E-state index contributed by atoms with van der Waals surface area (Å²) >= 11 is 0. The van der Waals surface area contributed by atoms with Gasteiger partial charge >= 0.3 is 0 Å². The van der Waals surface area contributed by atoms with Crippen molar-refractivity contribution in [2.24, 2.45) is 5.92 Å². The number of amides is 3. The summed E-state index contributed by atoms with van der Waals surface area (Å²) in [5, 5.41) is 3.14. The molecule has 3 aliphatic heterocycles. The van der Waals surface area contributed by atoms with Crippen molar-refractivity contribution in [3.8, 4) is 0 Å². The van der Waals surface area contributed by atoms with Crippen LogP contribution in [0.3, 0.4) is 0 Å². The number of piperidine rings is 1. The normalized spacial score (nSPS) is 27.1. The van der Waals surface area contributed by atoms with E-state index >= 15 is 0 Å². The van der Waals surface area contributed by atoms with Crippen molar-refractivity contribution in [3.05, 3.63) is 71.8 Å². The average molecular weight is 516 g/mol. The third-order valence-electron chi connectivity index (χ3n) is 8.20. The van der Waals surface area contributed by atoms with Crippen LogP contribution in [0.4, 0.5) is 0 Å². The molecule has 1 N–H and O–H groups in total. The molecule has 3 amide bonds. The first-order valence-electron chi connectivity index (χ1n) is 14.0. The number of benzene rings is 2. The van der Waals surface area contributed by atoms with Crippen LogP contribution in [-0.4, -0.2) is 64.5 Å². The first-order chi connectivity index (χ1) is 18.5.